The van der Waals surface area contributed by atoms with Crippen LogP contribution in [0.25, 0.3) is 0 Å². The number of nitrogens with one attached hydrogen (secondary N) is 1. The molecule has 0 aromatic heterocycles. The van der Waals surface area contributed by atoms with Gasteiger partial charge in [0, 0.05) is 13.1 Å². The summed E-state index contributed by atoms with van der Waals surface area (Å²) in [6.45, 7) is 4.72. The minimum Gasteiger partial charge on any atom is -0.391 e. The largest absolute Gasteiger partial charge is 0.391 e. The van der Waals surface area contributed by atoms with Gasteiger partial charge in [-0.25, -0.2) is 4.79 Å². The summed E-state index contributed by atoms with van der Waals surface area (Å²) in [5.41, 5.74) is 5.08. The van der Waals surface area contributed by atoms with Crippen molar-refractivity contribution in [3.05, 3.63) is 0 Å². The highest BCUT2D eigenvalue weighted by atomic mass is 16.3. The molecule has 0 bridgehead atoms. The number of nitrogens with zero attached hydrogens (tertiary/aromatic N) is 1. The van der Waals surface area contributed by atoms with Gasteiger partial charge in [0.1, 0.15) is 6.04 Å². The molecular formula is C11H21N3O3. The molecule has 0 spiro atoms. The number of carbonyl (C=O) groups is 2. The molecule has 0 radical (unpaired) electrons. The molecule has 2 unspecified atom stereocenters. The Hall–Kier alpha value is -1.30. The van der Waals surface area contributed by atoms with E-state index in [1.807, 2.05) is 13.8 Å². The number of rotatable bonds is 4. The molecule has 17 heavy (non-hydrogen) atoms. The average Bonchev–Trinajstić information content (AvgIpc) is 2.70. The highest BCUT2D eigenvalue weighted by Gasteiger charge is 2.33. The van der Waals surface area contributed by atoms with Gasteiger partial charge in [0.15, 0.2) is 0 Å². The third-order valence-corrected chi connectivity index (χ3v) is 3.25. The Morgan fingerprint density at radius 2 is 2.24 bits per heavy atom. The van der Waals surface area contributed by atoms with Crippen molar-refractivity contribution in [1.29, 1.82) is 0 Å². The summed E-state index contributed by atoms with van der Waals surface area (Å²) < 4.78 is 0. The molecule has 3 atom stereocenters. The Kier molecular flexibility index (Phi) is 4.74. The molecule has 98 valence electrons. The summed E-state index contributed by atoms with van der Waals surface area (Å²) in [6.07, 6.45) is 0.910. The van der Waals surface area contributed by atoms with Crippen molar-refractivity contribution in [3.63, 3.8) is 0 Å². The maximum atomic E-state index is 12.2. The number of nitrogens with two attached hydrogens (primary N) is 1. The van der Waals surface area contributed by atoms with E-state index in [0.717, 1.165) is 6.42 Å². The second kappa shape index (κ2) is 5.86. The van der Waals surface area contributed by atoms with Crippen LogP contribution in [-0.2, 0) is 4.79 Å². The molecule has 0 aromatic carbocycles. The van der Waals surface area contributed by atoms with Crippen LogP contribution >= 0.6 is 0 Å². The van der Waals surface area contributed by atoms with E-state index in [0.29, 0.717) is 19.5 Å². The number of aliphatic hydroxyl groups is 1. The number of urea groups is 1. The molecular weight excluding hydrogens is 222 g/mol. The molecule has 0 aliphatic carbocycles. The molecule has 1 fully saturated rings. The van der Waals surface area contributed by atoms with Crippen molar-refractivity contribution in [1.82, 2.24) is 10.2 Å². The molecule has 6 nitrogen and oxygen atoms in total. The van der Waals surface area contributed by atoms with E-state index in [4.69, 9.17) is 5.73 Å². The van der Waals surface area contributed by atoms with Crippen molar-refractivity contribution in [2.75, 3.05) is 13.1 Å². The van der Waals surface area contributed by atoms with Crippen molar-refractivity contribution in [2.24, 2.45) is 11.7 Å². The maximum absolute atomic E-state index is 12.2. The minimum atomic E-state index is -0.691. The lowest BCUT2D eigenvalue weighted by Gasteiger charge is -2.27. The molecule has 4 N–H and O–H groups in total. The van der Waals surface area contributed by atoms with Crippen LogP contribution in [0.15, 0.2) is 0 Å². The fourth-order valence-corrected chi connectivity index (χ4v) is 1.98. The fraction of sp³-hybridized carbons (Fsp3) is 0.818. The third kappa shape index (κ3) is 3.59. The second-order valence-electron chi connectivity index (χ2n) is 4.60. The van der Waals surface area contributed by atoms with Crippen LogP contribution in [0.2, 0.25) is 0 Å². The average molecular weight is 243 g/mol. The highest BCUT2D eigenvalue weighted by molar-refractivity contribution is 5.87. The lowest BCUT2D eigenvalue weighted by Crippen LogP contribution is -2.52. The van der Waals surface area contributed by atoms with Crippen molar-refractivity contribution >= 4 is 11.9 Å². The lowest BCUT2D eigenvalue weighted by atomic mass is 9.98. The summed E-state index contributed by atoms with van der Waals surface area (Å²) in [6, 6.07) is -1.29. The Morgan fingerprint density at radius 3 is 2.65 bits per heavy atom. The zero-order valence-electron chi connectivity index (χ0n) is 10.3. The summed E-state index contributed by atoms with van der Waals surface area (Å²) in [5, 5.41) is 11.9. The number of primary amides is 1. The van der Waals surface area contributed by atoms with Gasteiger partial charge in [-0.1, -0.05) is 20.3 Å². The maximum Gasteiger partial charge on any atom is 0.312 e. The Morgan fingerprint density at radius 1 is 1.59 bits per heavy atom. The summed E-state index contributed by atoms with van der Waals surface area (Å²) in [7, 11) is 0. The van der Waals surface area contributed by atoms with Crippen LogP contribution < -0.4 is 11.1 Å². The van der Waals surface area contributed by atoms with E-state index in [-0.39, 0.29) is 11.8 Å². The van der Waals surface area contributed by atoms with Crippen LogP contribution in [0, 0.1) is 5.92 Å². The molecule has 1 rings (SSSR count). The van der Waals surface area contributed by atoms with Gasteiger partial charge in [-0.3, -0.25) is 4.79 Å². The van der Waals surface area contributed by atoms with Crippen LogP contribution in [0.3, 0.4) is 0 Å². The summed E-state index contributed by atoms with van der Waals surface area (Å²) in [4.78, 5) is 24.7. The van der Waals surface area contributed by atoms with Gasteiger partial charge in [-0.2, -0.15) is 0 Å². The summed E-state index contributed by atoms with van der Waals surface area (Å²) >= 11 is 0. The predicted molar refractivity (Wildman–Crippen MR) is 63.2 cm³/mol. The first-order valence-electron chi connectivity index (χ1n) is 5.98. The summed E-state index contributed by atoms with van der Waals surface area (Å²) in [5.74, 6) is -0.137. The smallest absolute Gasteiger partial charge is 0.312 e. The molecule has 0 aromatic rings. The quantitative estimate of drug-likeness (QED) is 0.630. The van der Waals surface area contributed by atoms with Gasteiger partial charge in [0.25, 0.3) is 0 Å². The fourth-order valence-electron chi connectivity index (χ4n) is 1.98. The SMILES string of the molecule is CCC(C)C(NC(N)=O)C(=O)N1CC[C@@H](O)C1. The van der Waals surface area contributed by atoms with Crippen LogP contribution in [0.4, 0.5) is 4.79 Å². The number of likely N-dealkylation sites (tertiary alicyclic amines) is 1. The van der Waals surface area contributed by atoms with Gasteiger partial charge in [-0.05, 0) is 12.3 Å². The molecule has 1 aliphatic rings. The Bertz CT molecular complexity index is 296. The van der Waals surface area contributed by atoms with Crippen LogP contribution in [-0.4, -0.2) is 47.2 Å². The van der Waals surface area contributed by atoms with Crippen molar-refractivity contribution < 1.29 is 14.7 Å². The van der Waals surface area contributed by atoms with Crippen LogP contribution in [0.1, 0.15) is 26.7 Å². The molecule has 6 heteroatoms. The standard InChI is InChI=1S/C11H21N3O3/c1-3-7(2)9(13-11(12)17)10(16)14-5-4-8(15)6-14/h7-9,15H,3-6H2,1-2H3,(H3,12,13,17)/t7?,8-,9?/m1/s1. The van der Waals surface area contributed by atoms with Gasteiger partial charge < -0.3 is 21.1 Å². The van der Waals surface area contributed by atoms with E-state index in [1.54, 1.807) is 4.90 Å². The van der Waals surface area contributed by atoms with Crippen molar-refractivity contribution in [2.45, 2.75) is 38.8 Å². The van der Waals surface area contributed by atoms with E-state index in [2.05, 4.69) is 5.32 Å². The molecule has 3 amide bonds. The number of amides is 3. The van der Waals surface area contributed by atoms with Gasteiger partial charge >= 0.3 is 6.03 Å². The minimum absolute atomic E-state index is 0.0211. The molecule has 1 heterocycles. The Balaban J connectivity index is 2.68. The van der Waals surface area contributed by atoms with Gasteiger partial charge in [0.2, 0.25) is 5.91 Å². The number of hydrogen-bond acceptors (Lipinski definition) is 3. The predicted octanol–water partition coefficient (Wildman–Crippen LogP) is -0.337. The Labute approximate surface area is 101 Å². The molecule has 1 aliphatic heterocycles. The first-order valence-corrected chi connectivity index (χ1v) is 5.98. The zero-order chi connectivity index (χ0) is 13.0. The zero-order valence-corrected chi connectivity index (χ0v) is 10.3. The first kappa shape index (κ1) is 13.8. The normalized spacial score (nSPS) is 23.2. The first-order chi connectivity index (χ1) is 7.95. The van der Waals surface area contributed by atoms with Gasteiger partial charge in [0.05, 0.1) is 6.10 Å². The monoisotopic (exact) mass is 243 g/mol. The number of carbonyl (C=O) groups excluding carboxylic acids is 2. The molecule has 1 saturated heterocycles. The molecule has 0 saturated carbocycles. The number of hydrogen-bond donors (Lipinski definition) is 3. The number of β-amino-alcohol motifs (C(OH)–C–C–N with tert-alkyl or cyclic N) is 1. The van der Waals surface area contributed by atoms with E-state index in [1.165, 1.54) is 0 Å². The van der Waals surface area contributed by atoms with E-state index >= 15 is 0 Å². The lowest BCUT2D eigenvalue weighted by molar-refractivity contribution is -0.133. The van der Waals surface area contributed by atoms with Crippen molar-refractivity contribution in [3.8, 4) is 0 Å². The van der Waals surface area contributed by atoms with E-state index < -0.39 is 18.2 Å². The number of aliphatic hydroxyl groups excluding tert-OH is 1. The second-order valence-corrected chi connectivity index (χ2v) is 4.60. The van der Waals surface area contributed by atoms with Crippen LogP contribution in [0.5, 0.6) is 0 Å². The van der Waals surface area contributed by atoms with E-state index in [9.17, 15) is 14.7 Å². The third-order valence-electron chi connectivity index (χ3n) is 3.25. The topological polar surface area (TPSA) is 95.7 Å². The van der Waals surface area contributed by atoms with Gasteiger partial charge in [-0.15, -0.1) is 0 Å². The highest BCUT2D eigenvalue weighted by Crippen LogP contribution is 2.15.